The van der Waals surface area contributed by atoms with Crippen LogP contribution in [0.15, 0.2) is 30.3 Å². The lowest BCUT2D eigenvalue weighted by Gasteiger charge is -2.24. The van der Waals surface area contributed by atoms with Gasteiger partial charge in [0.2, 0.25) is 5.91 Å². The number of amides is 1. The van der Waals surface area contributed by atoms with Gasteiger partial charge in [0.1, 0.15) is 0 Å². The minimum Gasteiger partial charge on any atom is -0.337 e. The van der Waals surface area contributed by atoms with Gasteiger partial charge in [-0.25, -0.2) is 0 Å². The van der Waals surface area contributed by atoms with E-state index in [1.54, 1.807) is 0 Å². The topological polar surface area (TPSA) is 49.6 Å². The normalized spacial score (nSPS) is 10.7. The van der Waals surface area contributed by atoms with Crippen molar-refractivity contribution in [3.63, 3.8) is 0 Å². The third-order valence-electron chi connectivity index (χ3n) is 2.74. The van der Waals surface area contributed by atoms with Crippen LogP contribution < -0.4 is 5.73 Å². The minimum atomic E-state index is 0.128. The van der Waals surface area contributed by atoms with Crippen molar-refractivity contribution in [1.29, 1.82) is 0 Å². The summed E-state index contributed by atoms with van der Waals surface area (Å²) in [6.45, 7) is 2.67. The number of rotatable bonds is 7. The number of nitrogens with two attached hydrogens (primary N) is 1. The molecule has 1 rings (SSSR count). The molecule has 0 saturated heterocycles. The van der Waals surface area contributed by atoms with Crippen molar-refractivity contribution >= 4 is 5.91 Å². The Kier molecular flexibility index (Phi) is 6.39. The fraction of sp³-hybridized carbons (Fsp3) is 0.500. The average molecular weight is 249 g/mol. The highest BCUT2D eigenvalue weighted by atomic mass is 16.2. The summed E-state index contributed by atoms with van der Waals surface area (Å²) in [4.78, 5) is 15.9. The number of nitrogens with zero attached hydrogens (tertiary/aromatic N) is 2. The maximum absolute atomic E-state index is 12.0. The Hall–Kier alpha value is -1.39. The molecule has 0 aliphatic rings. The van der Waals surface area contributed by atoms with Crippen molar-refractivity contribution in [3.8, 4) is 0 Å². The Balaban J connectivity index is 2.62. The van der Waals surface area contributed by atoms with Crippen LogP contribution in [0.25, 0.3) is 0 Å². The maximum Gasteiger partial charge on any atom is 0.224 e. The highest BCUT2D eigenvalue weighted by Gasteiger charge is 2.13. The zero-order valence-corrected chi connectivity index (χ0v) is 11.3. The summed E-state index contributed by atoms with van der Waals surface area (Å²) in [6, 6.07) is 10.0. The Morgan fingerprint density at radius 1 is 1.17 bits per heavy atom. The third kappa shape index (κ3) is 5.29. The smallest absolute Gasteiger partial charge is 0.224 e. The summed E-state index contributed by atoms with van der Waals surface area (Å²) in [6.07, 6.45) is 0.417. The van der Waals surface area contributed by atoms with E-state index in [-0.39, 0.29) is 5.91 Å². The van der Waals surface area contributed by atoms with Crippen LogP contribution in [0.5, 0.6) is 0 Å². The zero-order valence-electron chi connectivity index (χ0n) is 11.3. The van der Waals surface area contributed by atoms with Crippen LogP contribution in [0, 0.1) is 0 Å². The Morgan fingerprint density at radius 3 is 2.39 bits per heavy atom. The molecule has 0 spiro atoms. The van der Waals surface area contributed by atoms with E-state index in [1.165, 1.54) is 0 Å². The summed E-state index contributed by atoms with van der Waals surface area (Å²) in [5.41, 5.74) is 6.61. The van der Waals surface area contributed by atoms with E-state index >= 15 is 0 Å². The number of likely N-dealkylation sites (N-methyl/N-ethyl adjacent to an activating group) is 1. The second kappa shape index (κ2) is 7.84. The van der Waals surface area contributed by atoms with Gasteiger partial charge in [0.25, 0.3) is 0 Å². The van der Waals surface area contributed by atoms with Gasteiger partial charge in [0.05, 0.1) is 0 Å². The third-order valence-corrected chi connectivity index (χ3v) is 2.74. The van der Waals surface area contributed by atoms with E-state index in [0.717, 1.165) is 18.7 Å². The maximum atomic E-state index is 12.0. The second-order valence-electron chi connectivity index (χ2n) is 4.64. The molecule has 100 valence electrons. The first kappa shape index (κ1) is 14.7. The fourth-order valence-electron chi connectivity index (χ4n) is 1.70. The number of hydrogen-bond acceptors (Lipinski definition) is 3. The summed E-state index contributed by atoms with van der Waals surface area (Å²) < 4.78 is 0. The van der Waals surface area contributed by atoms with Crippen molar-refractivity contribution in [3.05, 3.63) is 35.9 Å². The molecule has 0 fully saturated rings. The van der Waals surface area contributed by atoms with Crippen LogP contribution in [-0.2, 0) is 11.3 Å². The molecule has 0 bridgehead atoms. The molecule has 0 aliphatic heterocycles. The van der Waals surface area contributed by atoms with Crippen LogP contribution in [-0.4, -0.2) is 49.4 Å². The van der Waals surface area contributed by atoms with Crippen molar-refractivity contribution in [1.82, 2.24) is 9.80 Å². The Labute approximate surface area is 109 Å². The molecule has 0 saturated carbocycles. The van der Waals surface area contributed by atoms with Crippen molar-refractivity contribution < 1.29 is 4.79 Å². The molecular weight excluding hydrogens is 226 g/mol. The van der Waals surface area contributed by atoms with Gasteiger partial charge in [-0.3, -0.25) is 4.79 Å². The van der Waals surface area contributed by atoms with Gasteiger partial charge in [-0.1, -0.05) is 30.3 Å². The molecule has 1 aromatic rings. The van der Waals surface area contributed by atoms with E-state index in [0.29, 0.717) is 19.5 Å². The van der Waals surface area contributed by atoms with E-state index in [1.807, 2.05) is 49.3 Å². The molecule has 0 atom stereocenters. The van der Waals surface area contributed by atoms with Crippen molar-refractivity contribution in [2.45, 2.75) is 13.0 Å². The van der Waals surface area contributed by atoms with E-state index < -0.39 is 0 Å². The average Bonchev–Trinajstić information content (AvgIpc) is 2.35. The first-order valence-electron chi connectivity index (χ1n) is 6.30. The number of carbonyl (C=O) groups excluding carboxylic acids is 1. The lowest BCUT2D eigenvalue weighted by atomic mass is 10.2. The Bertz CT molecular complexity index is 351. The van der Waals surface area contributed by atoms with Gasteiger partial charge in [0.15, 0.2) is 0 Å². The van der Waals surface area contributed by atoms with Gasteiger partial charge in [0, 0.05) is 32.6 Å². The van der Waals surface area contributed by atoms with E-state index in [2.05, 4.69) is 4.90 Å². The molecule has 4 nitrogen and oxygen atoms in total. The van der Waals surface area contributed by atoms with Crippen LogP contribution in [0.1, 0.15) is 12.0 Å². The second-order valence-corrected chi connectivity index (χ2v) is 4.64. The minimum absolute atomic E-state index is 0.128. The van der Waals surface area contributed by atoms with Crippen LogP contribution in [0.4, 0.5) is 0 Å². The van der Waals surface area contributed by atoms with Gasteiger partial charge in [-0.05, 0) is 19.7 Å². The quantitative estimate of drug-likeness (QED) is 0.782. The van der Waals surface area contributed by atoms with Crippen LogP contribution >= 0.6 is 0 Å². The Morgan fingerprint density at radius 2 is 1.83 bits per heavy atom. The summed E-state index contributed by atoms with van der Waals surface area (Å²) in [5, 5.41) is 0. The predicted octanol–water partition coefficient (Wildman–Crippen LogP) is 0.926. The molecular formula is C14H23N3O. The molecule has 1 aromatic carbocycles. The summed E-state index contributed by atoms with van der Waals surface area (Å²) >= 11 is 0. The fourth-order valence-corrected chi connectivity index (χ4v) is 1.70. The van der Waals surface area contributed by atoms with Gasteiger partial charge < -0.3 is 15.5 Å². The summed E-state index contributed by atoms with van der Waals surface area (Å²) in [7, 11) is 4.02. The SMILES string of the molecule is CN(C)CCN(Cc1ccccc1)C(=O)CCN. The highest BCUT2D eigenvalue weighted by molar-refractivity contribution is 5.76. The highest BCUT2D eigenvalue weighted by Crippen LogP contribution is 2.06. The number of carbonyl (C=O) groups is 1. The molecule has 0 heterocycles. The largest absolute Gasteiger partial charge is 0.337 e. The zero-order chi connectivity index (χ0) is 13.4. The molecule has 0 aromatic heterocycles. The number of benzene rings is 1. The molecule has 1 amide bonds. The first-order chi connectivity index (χ1) is 8.63. The van der Waals surface area contributed by atoms with Gasteiger partial charge in [-0.15, -0.1) is 0 Å². The molecule has 4 heteroatoms. The lowest BCUT2D eigenvalue weighted by Crippen LogP contribution is -2.37. The lowest BCUT2D eigenvalue weighted by molar-refractivity contribution is -0.131. The van der Waals surface area contributed by atoms with Crippen LogP contribution in [0.2, 0.25) is 0 Å². The standard InChI is InChI=1S/C14H23N3O/c1-16(2)10-11-17(14(18)8-9-15)12-13-6-4-3-5-7-13/h3-7H,8-12,15H2,1-2H3. The molecule has 2 N–H and O–H groups in total. The summed E-state index contributed by atoms with van der Waals surface area (Å²) in [5.74, 6) is 0.128. The molecule has 18 heavy (non-hydrogen) atoms. The first-order valence-corrected chi connectivity index (χ1v) is 6.30. The number of hydrogen-bond donors (Lipinski definition) is 1. The predicted molar refractivity (Wildman–Crippen MR) is 74.1 cm³/mol. The molecule has 0 unspecified atom stereocenters. The monoisotopic (exact) mass is 249 g/mol. The molecule has 0 aliphatic carbocycles. The van der Waals surface area contributed by atoms with E-state index in [4.69, 9.17) is 5.73 Å². The van der Waals surface area contributed by atoms with Crippen molar-refractivity contribution in [2.75, 3.05) is 33.7 Å². The molecule has 0 radical (unpaired) electrons. The van der Waals surface area contributed by atoms with E-state index in [9.17, 15) is 4.79 Å². The van der Waals surface area contributed by atoms with Gasteiger partial charge in [-0.2, -0.15) is 0 Å². The van der Waals surface area contributed by atoms with Crippen LogP contribution in [0.3, 0.4) is 0 Å². The van der Waals surface area contributed by atoms with Crippen molar-refractivity contribution in [2.24, 2.45) is 5.73 Å². The van der Waals surface area contributed by atoms with Gasteiger partial charge >= 0.3 is 0 Å².